The van der Waals surface area contributed by atoms with Crippen molar-refractivity contribution in [1.82, 2.24) is 10.3 Å². The Hall–Kier alpha value is -1.38. The third-order valence-corrected chi connectivity index (χ3v) is 2.90. The van der Waals surface area contributed by atoms with Gasteiger partial charge >= 0.3 is 0 Å². The molecule has 1 heterocycles. The molecule has 0 radical (unpaired) electrons. The number of benzene rings is 1. The molecule has 2 aromatic rings. The second kappa shape index (κ2) is 7.85. The molecule has 0 saturated heterocycles. The Balaban J connectivity index is 0.00000162. The standard InChI is InChI=1S/C15H18N2.ClH/c1-13(15-5-3-2-4-6-15)11-17-12-14-7-9-16-10-8-14;/h2-10,13,17H,11-12H2,1H3;1H. The summed E-state index contributed by atoms with van der Waals surface area (Å²) in [6.07, 6.45) is 3.66. The molecule has 0 aliphatic rings. The summed E-state index contributed by atoms with van der Waals surface area (Å²) in [5, 5.41) is 3.47. The fourth-order valence-electron chi connectivity index (χ4n) is 1.83. The Morgan fingerprint density at radius 1 is 1.06 bits per heavy atom. The molecule has 18 heavy (non-hydrogen) atoms. The first-order chi connectivity index (χ1) is 8.36. The first-order valence-electron chi connectivity index (χ1n) is 6.01. The van der Waals surface area contributed by atoms with Gasteiger partial charge in [0.25, 0.3) is 0 Å². The lowest BCUT2D eigenvalue weighted by molar-refractivity contribution is 0.615. The summed E-state index contributed by atoms with van der Waals surface area (Å²) in [5.41, 5.74) is 2.66. The van der Waals surface area contributed by atoms with Crippen molar-refractivity contribution in [2.45, 2.75) is 19.4 Å². The van der Waals surface area contributed by atoms with Crippen LogP contribution in [0.4, 0.5) is 0 Å². The van der Waals surface area contributed by atoms with Crippen LogP contribution < -0.4 is 5.32 Å². The van der Waals surface area contributed by atoms with Crippen LogP contribution in [0.3, 0.4) is 0 Å². The Kier molecular flexibility index (Phi) is 6.40. The predicted molar refractivity (Wildman–Crippen MR) is 78.0 cm³/mol. The molecule has 96 valence electrons. The van der Waals surface area contributed by atoms with Crippen LogP contribution in [0, 0.1) is 0 Å². The molecule has 0 amide bonds. The smallest absolute Gasteiger partial charge is 0.0271 e. The van der Waals surface area contributed by atoms with Gasteiger partial charge in [0.15, 0.2) is 0 Å². The number of hydrogen-bond donors (Lipinski definition) is 1. The van der Waals surface area contributed by atoms with Gasteiger partial charge in [0.1, 0.15) is 0 Å². The molecule has 1 aromatic carbocycles. The molecule has 1 aromatic heterocycles. The van der Waals surface area contributed by atoms with Crippen molar-refractivity contribution in [3.63, 3.8) is 0 Å². The highest BCUT2D eigenvalue weighted by atomic mass is 35.5. The topological polar surface area (TPSA) is 24.9 Å². The zero-order valence-electron chi connectivity index (χ0n) is 10.5. The van der Waals surface area contributed by atoms with Crippen LogP contribution in [0.2, 0.25) is 0 Å². The first-order valence-corrected chi connectivity index (χ1v) is 6.01. The van der Waals surface area contributed by atoms with E-state index in [0.717, 1.165) is 13.1 Å². The molecule has 1 N–H and O–H groups in total. The van der Waals surface area contributed by atoms with E-state index in [2.05, 4.69) is 47.6 Å². The first kappa shape index (κ1) is 14.7. The summed E-state index contributed by atoms with van der Waals surface area (Å²) < 4.78 is 0. The monoisotopic (exact) mass is 262 g/mol. The number of aromatic nitrogens is 1. The molecular formula is C15H19ClN2. The summed E-state index contributed by atoms with van der Waals surface area (Å²) in [4.78, 5) is 4.01. The van der Waals surface area contributed by atoms with Gasteiger partial charge in [-0.1, -0.05) is 37.3 Å². The maximum absolute atomic E-state index is 4.01. The average Bonchev–Trinajstić information content (AvgIpc) is 2.41. The Morgan fingerprint density at radius 3 is 2.39 bits per heavy atom. The molecule has 0 aliphatic heterocycles. The number of nitrogens with zero attached hydrogens (tertiary/aromatic N) is 1. The van der Waals surface area contributed by atoms with Gasteiger partial charge in [0, 0.05) is 25.5 Å². The van der Waals surface area contributed by atoms with Crippen molar-refractivity contribution in [1.29, 1.82) is 0 Å². The van der Waals surface area contributed by atoms with E-state index in [0.29, 0.717) is 5.92 Å². The molecular weight excluding hydrogens is 244 g/mol. The van der Waals surface area contributed by atoms with Crippen LogP contribution >= 0.6 is 12.4 Å². The third-order valence-electron chi connectivity index (χ3n) is 2.90. The maximum Gasteiger partial charge on any atom is 0.0271 e. The second-order valence-corrected chi connectivity index (χ2v) is 4.30. The summed E-state index contributed by atoms with van der Waals surface area (Å²) in [5.74, 6) is 0.540. The van der Waals surface area contributed by atoms with Gasteiger partial charge in [-0.25, -0.2) is 0 Å². The predicted octanol–water partition coefficient (Wildman–Crippen LogP) is 3.40. The van der Waals surface area contributed by atoms with Crippen LogP contribution in [0.1, 0.15) is 24.0 Å². The van der Waals surface area contributed by atoms with Crippen LogP contribution in [0.15, 0.2) is 54.9 Å². The van der Waals surface area contributed by atoms with Crippen molar-refractivity contribution >= 4 is 12.4 Å². The number of halogens is 1. The molecule has 0 spiro atoms. The Morgan fingerprint density at radius 2 is 1.72 bits per heavy atom. The van der Waals surface area contributed by atoms with E-state index in [1.807, 2.05) is 24.5 Å². The molecule has 2 nitrogen and oxygen atoms in total. The van der Waals surface area contributed by atoms with E-state index in [1.165, 1.54) is 11.1 Å². The molecule has 3 heteroatoms. The lowest BCUT2D eigenvalue weighted by atomic mass is 10.0. The SMILES string of the molecule is CC(CNCc1ccncc1)c1ccccc1.Cl. The molecule has 0 fully saturated rings. The summed E-state index contributed by atoms with van der Waals surface area (Å²) in [6, 6.07) is 14.7. The van der Waals surface area contributed by atoms with Crippen molar-refractivity contribution in [3.8, 4) is 0 Å². The van der Waals surface area contributed by atoms with Gasteiger partial charge in [0.05, 0.1) is 0 Å². The normalized spacial score (nSPS) is 11.6. The van der Waals surface area contributed by atoms with Crippen LogP contribution in [0.25, 0.3) is 0 Å². The number of hydrogen-bond acceptors (Lipinski definition) is 2. The van der Waals surface area contributed by atoms with Gasteiger partial charge in [-0.05, 0) is 29.2 Å². The highest BCUT2D eigenvalue weighted by Gasteiger charge is 2.03. The summed E-state index contributed by atoms with van der Waals surface area (Å²) >= 11 is 0. The number of rotatable bonds is 5. The molecule has 0 bridgehead atoms. The summed E-state index contributed by atoms with van der Waals surface area (Å²) in [6.45, 7) is 4.14. The minimum absolute atomic E-state index is 0. The number of nitrogens with one attached hydrogen (secondary N) is 1. The fraction of sp³-hybridized carbons (Fsp3) is 0.267. The van der Waals surface area contributed by atoms with Crippen molar-refractivity contribution in [3.05, 3.63) is 66.0 Å². The van der Waals surface area contributed by atoms with E-state index in [9.17, 15) is 0 Å². The van der Waals surface area contributed by atoms with E-state index in [-0.39, 0.29) is 12.4 Å². The van der Waals surface area contributed by atoms with Crippen molar-refractivity contribution in [2.75, 3.05) is 6.54 Å². The second-order valence-electron chi connectivity index (χ2n) is 4.30. The van der Waals surface area contributed by atoms with Crippen LogP contribution in [-0.2, 0) is 6.54 Å². The highest BCUT2D eigenvalue weighted by molar-refractivity contribution is 5.85. The molecule has 0 saturated carbocycles. The van der Waals surface area contributed by atoms with E-state index in [4.69, 9.17) is 0 Å². The zero-order valence-corrected chi connectivity index (χ0v) is 11.4. The van der Waals surface area contributed by atoms with E-state index >= 15 is 0 Å². The molecule has 0 aliphatic carbocycles. The molecule has 2 rings (SSSR count). The lowest BCUT2D eigenvalue weighted by Gasteiger charge is -2.12. The van der Waals surface area contributed by atoms with Crippen molar-refractivity contribution < 1.29 is 0 Å². The van der Waals surface area contributed by atoms with Crippen LogP contribution in [0.5, 0.6) is 0 Å². The summed E-state index contributed by atoms with van der Waals surface area (Å²) in [7, 11) is 0. The molecule has 1 unspecified atom stereocenters. The molecule has 1 atom stereocenters. The van der Waals surface area contributed by atoms with Crippen molar-refractivity contribution in [2.24, 2.45) is 0 Å². The largest absolute Gasteiger partial charge is 0.312 e. The minimum atomic E-state index is 0. The maximum atomic E-state index is 4.01. The third kappa shape index (κ3) is 4.47. The van der Waals surface area contributed by atoms with Gasteiger partial charge in [-0.3, -0.25) is 4.98 Å². The van der Waals surface area contributed by atoms with Gasteiger partial charge in [0.2, 0.25) is 0 Å². The van der Waals surface area contributed by atoms with Gasteiger partial charge in [-0.15, -0.1) is 12.4 Å². The van der Waals surface area contributed by atoms with Gasteiger partial charge in [-0.2, -0.15) is 0 Å². The van der Waals surface area contributed by atoms with Gasteiger partial charge < -0.3 is 5.32 Å². The van der Waals surface area contributed by atoms with Crippen LogP contribution in [-0.4, -0.2) is 11.5 Å². The quantitative estimate of drug-likeness (QED) is 0.893. The van der Waals surface area contributed by atoms with E-state index < -0.39 is 0 Å². The fourth-order valence-corrected chi connectivity index (χ4v) is 1.83. The lowest BCUT2D eigenvalue weighted by Crippen LogP contribution is -2.19. The number of pyridine rings is 1. The Labute approximate surface area is 115 Å². The minimum Gasteiger partial charge on any atom is -0.312 e. The Bertz CT molecular complexity index is 431. The zero-order chi connectivity index (χ0) is 11.9. The highest BCUT2D eigenvalue weighted by Crippen LogP contribution is 2.13. The average molecular weight is 263 g/mol. The van der Waals surface area contributed by atoms with E-state index in [1.54, 1.807) is 0 Å².